The zero-order valence-electron chi connectivity index (χ0n) is 8.90. The third-order valence-corrected chi connectivity index (χ3v) is 1.48. The van der Waals surface area contributed by atoms with Crippen LogP contribution in [0.1, 0.15) is 27.7 Å². The topological polar surface area (TPSA) is 63.6 Å². The summed E-state index contributed by atoms with van der Waals surface area (Å²) in [6.07, 6.45) is 0.661. The van der Waals surface area contributed by atoms with E-state index in [1.54, 1.807) is 27.7 Å². The van der Waals surface area contributed by atoms with Gasteiger partial charge in [0.25, 0.3) is 0 Å². The molecule has 0 aliphatic carbocycles. The fourth-order valence-electron chi connectivity index (χ4n) is 0.876. The third-order valence-electron chi connectivity index (χ3n) is 1.48. The van der Waals surface area contributed by atoms with E-state index >= 15 is 0 Å². The van der Waals surface area contributed by atoms with Crippen LogP contribution in [-0.4, -0.2) is 23.1 Å². The monoisotopic (exact) mass is 200 g/mol. The fraction of sp³-hybridized carbons (Fsp3) is 0.600. The normalized spacial score (nSPS) is 12.0. The molecule has 0 spiro atoms. The largest absolute Gasteiger partial charge is 0.478 e. The molecule has 0 saturated heterocycles. The molecule has 14 heavy (non-hydrogen) atoms. The third kappa shape index (κ3) is 4.64. The molecule has 0 heterocycles. The van der Waals surface area contributed by atoms with Gasteiger partial charge >= 0.3 is 11.9 Å². The Balaban J connectivity index is 4.67. The van der Waals surface area contributed by atoms with Crippen LogP contribution >= 0.6 is 0 Å². The van der Waals surface area contributed by atoms with Crippen LogP contribution in [0, 0.1) is 5.92 Å². The van der Waals surface area contributed by atoms with Crippen molar-refractivity contribution in [2.75, 3.05) is 0 Å². The van der Waals surface area contributed by atoms with Crippen molar-refractivity contribution < 1.29 is 19.4 Å². The minimum atomic E-state index is -1.13. The van der Waals surface area contributed by atoms with Gasteiger partial charge in [-0.1, -0.05) is 13.8 Å². The Bertz CT molecular complexity index is 251. The molecule has 4 nitrogen and oxygen atoms in total. The molecule has 0 rings (SSSR count). The maximum absolute atomic E-state index is 11.4. The summed E-state index contributed by atoms with van der Waals surface area (Å²) in [4.78, 5) is 21.8. The maximum Gasteiger partial charge on any atom is 0.334 e. The number of carbonyl (C=O) groups is 2. The van der Waals surface area contributed by atoms with E-state index in [9.17, 15) is 9.59 Å². The highest BCUT2D eigenvalue weighted by atomic mass is 16.5. The molecular formula is C10H16O4. The van der Waals surface area contributed by atoms with Gasteiger partial charge < -0.3 is 9.84 Å². The van der Waals surface area contributed by atoms with Crippen LogP contribution in [0.3, 0.4) is 0 Å². The number of aliphatic carboxylic acids is 1. The van der Waals surface area contributed by atoms with Crippen molar-refractivity contribution in [1.29, 1.82) is 0 Å². The standard InChI is InChI=1S/C10H16O4/c1-6(2)8(5-9(11)12)10(13)14-7(3)4/h5-7H,1-4H3,(H,11,12). The van der Waals surface area contributed by atoms with Crippen LogP contribution in [0.15, 0.2) is 11.6 Å². The van der Waals surface area contributed by atoms with Crippen molar-refractivity contribution in [3.8, 4) is 0 Å². The number of hydrogen-bond acceptors (Lipinski definition) is 3. The summed E-state index contributed by atoms with van der Waals surface area (Å²) in [5, 5.41) is 8.53. The Kier molecular flexibility index (Phi) is 4.91. The van der Waals surface area contributed by atoms with E-state index in [4.69, 9.17) is 9.84 Å². The summed E-state index contributed by atoms with van der Waals surface area (Å²) in [7, 11) is 0. The van der Waals surface area contributed by atoms with Crippen molar-refractivity contribution in [1.82, 2.24) is 0 Å². The molecule has 80 valence electrons. The molecular weight excluding hydrogens is 184 g/mol. The fourth-order valence-corrected chi connectivity index (χ4v) is 0.876. The first-order valence-electron chi connectivity index (χ1n) is 4.50. The van der Waals surface area contributed by atoms with Crippen LogP contribution in [0.2, 0.25) is 0 Å². The molecule has 0 aliphatic heterocycles. The van der Waals surface area contributed by atoms with Gasteiger partial charge in [-0.25, -0.2) is 9.59 Å². The maximum atomic E-state index is 11.4. The molecule has 0 unspecified atom stereocenters. The molecule has 0 aliphatic rings. The average molecular weight is 200 g/mol. The highest BCUT2D eigenvalue weighted by molar-refractivity contribution is 5.96. The molecule has 0 aromatic rings. The van der Waals surface area contributed by atoms with Gasteiger partial charge in [0, 0.05) is 11.6 Å². The van der Waals surface area contributed by atoms with Gasteiger partial charge in [0.1, 0.15) is 0 Å². The lowest BCUT2D eigenvalue weighted by Gasteiger charge is -2.12. The Morgan fingerprint density at radius 3 is 2.00 bits per heavy atom. The average Bonchev–Trinajstić information content (AvgIpc) is 1.97. The molecule has 1 N–H and O–H groups in total. The molecule has 0 radical (unpaired) electrons. The van der Waals surface area contributed by atoms with E-state index in [1.165, 1.54) is 0 Å². The summed E-state index contributed by atoms with van der Waals surface area (Å²) < 4.78 is 4.90. The summed E-state index contributed by atoms with van der Waals surface area (Å²) >= 11 is 0. The zero-order chi connectivity index (χ0) is 11.3. The van der Waals surface area contributed by atoms with Crippen molar-refractivity contribution in [3.63, 3.8) is 0 Å². The van der Waals surface area contributed by atoms with E-state index in [0.717, 1.165) is 6.08 Å². The number of ether oxygens (including phenoxy) is 1. The van der Waals surface area contributed by atoms with Gasteiger partial charge in [0.15, 0.2) is 0 Å². The molecule has 0 aromatic carbocycles. The highest BCUT2D eigenvalue weighted by Gasteiger charge is 2.17. The summed E-state index contributed by atoms with van der Waals surface area (Å²) in [5.41, 5.74) is 0.186. The summed E-state index contributed by atoms with van der Waals surface area (Å²) in [6, 6.07) is 0. The van der Waals surface area contributed by atoms with Gasteiger partial charge in [-0.05, 0) is 19.8 Å². The molecule has 0 fully saturated rings. The number of carboxylic acid groups (broad SMARTS) is 1. The molecule has 0 bridgehead atoms. The second-order valence-corrected chi connectivity index (χ2v) is 3.55. The Morgan fingerprint density at radius 2 is 1.71 bits per heavy atom. The lowest BCUT2D eigenvalue weighted by atomic mass is 10.0. The van der Waals surface area contributed by atoms with E-state index in [-0.39, 0.29) is 17.6 Å². The van der Waals surface area contributed by atoms with Gasteiger partial charge in [-0.15, -0.1) is 0 Å². The first kappa shape index (κ1) is 12.7. The second kappa shape index (κ2) is 5.42. The minimum absolute atomic E-state index is 0.155. The van der Waals surface area contributed by atoms with Crippen LogP contribution in [0.25, 0.3) is 0 Å². The number of esters is 1. The van der Waals surface area contributed by atoms with Crippen LogP contribution < -0.4 is 0 Å². The first-order valence-corrected chi connectivity index (χ1v) is 4.50. The van der Waals surface area contributed by atoms with Gasteiger partial charge in [0.05, 0.1) is 6.10 Å². The predicted octanol–water partition coefficient (Wildman–Crippen LogP) is 1.60. The van der Waals surface area contributed by atoms with Crippen molar-refractivity contribution >= 4 is 11.9 Å². The summed E-state index contributed by atoms with van der Waals surface area (Å²) in [5.74, 6) is -1.84. The van der Waals surface area contributed by atoms with Crippen LogP contribution in [0.5, 0.6) is 0 Å². The molecule has 0 aromatic heterocycles. The number of rotatable bonds is 4. The van der Waals surface area contributed by atoms with E-state index < -0.39 is 11.9 Å². The first-order chi connectivity index (χ1) is 6.34. The van der Waals surface area contributed by atoms with Gasteiger partial charge in [0.2, 0.25) is 0 Å². The predicted molar refractivity (Wildman–Crippen MR) is 51.8 cm³/mol. The summed E-state index contributed by atoms with van der Waals surface area (Å²) in [6.45, 7) is 6.93. The molecule has 0 atom stereocenters. The lowest BCUT2D eigenvalue weighted by molar-refractivity contribution is -0.144. The van der Waals surface area contributed by atoms with E-state index in [1.807, 2.05) is 0 Å². The molecule has 4 heteroatoms. The lowest BCUT2D eigenvalue weighted by Crippen LogP contribution is -2.17. The van der Waals surface area contributed by atoms with Crippen LogP contribution in [0.4, 0.5) is 0 Å². The SMILES string of the molecule is CC(C)OC(=O)C(=CC(=O)O)C(C)C. The van der Waals surface area contributed by atoms with Crippen molar-refractivity contribution in [2.45, 2.75) is 33.8 Å². The second-order valence-electron chi connectivity index (χ2n) is 3.55. The van der Waals surface area contributed by atoms with Crippen molar-refractivity contribution in [2.24, 2.45) is 5.92 Å². The number of hydrogen-bond donors (Lipinski definition) is 1. The Labute approximate surface area is 83.6 Å². The van der Waals surface area contributed by atoms with Crippen molar-refractivity contribution in [3.05, 3.63) is 11.6 Å². The molecule has 0 amide bonds. The van der Waals surface area contributed by atoms with E-state index in [0.29, 0.717) is 0 Å². The number of carbonyl (C=O) groups excluding carboxylic acids is 1. The molecule has 0 saturated carbocycles. The highest BCUT2D eigenvalue weighted by Crippen LogP contribution is 2.12. The minimum Gasteiger partial charge on any atom is -0.478 e. The smallest absolute Gasteiger partial charge is 0.334 e. The Hall–Kier alpha value is -1.32. The Morgan fingerprint density at radius 1 is 1.21 bits per heavy atom. The zero-order valence-corrected chi connectivity index (χ0v) is 8.90. The van der Waals surface area contributed by atoms with Crippen LogP contribution in [-0.2, 0) is 14.3 Å². The number of carboxylic acids is 1. The van der Waals surface area contributed by atoms with Gasteiger partial charge in [-0.2, -0.15) is 0 Å². The van der Waals surface area contributed by atoms with E-state index in [2.05, 4.69) is 0 Å². The van der Waals surface area contributed by atoms with Gasteiger partial charge in [-0.3, -0.25) is 0 Å². The quantitative estimate of drug-likeness (QED) is 0.553.